The highest BCUT2D eigenvalue weighted by molar-refractivity contribution is 6.09. The number of esters is 1. The Morgan fingerprint density at radius 1 is 1.19 bits per heavy atom. The number of para-hydroxylation sites is 1. The number of fused-ring (bicyclic) bond motifs is 1. The van der Waals surface area contributed by atoms with E-state index in [1.165, 1.54) is 4.90 Å². The van der Waals surface area contributed by atoms with E-state index in [4.69, 9.17) is 15.2 Å². The minimum absolute atomic E-state index is 0.226. The number of nitrogen functional groups attached to an aromatic ring is 1. The number of benzene rings is 2. The zero-order valence-corrected chi connectivity index (χ0v) is 16.0. The van der Waals surface area contributed by atoms with Gasteiger partial charge in [0.2, 0.25) is 5.91 Å². The van der Waals surface area contributed by atoms with Crippen LogP contribution in [0.2, 0.25) is 0 Å². The summed E-state index contributed by atoms with van der Waals surface area (Å²) >= 11 is 0. The molecule has 0 saturated heterocycles. The van der Waals surface area contributed by atoms with Crippen LogP contribution in [0.1, 0.15) is 26.3 Å². The van der Waals surface area contributed by atoms with Gasteiger partial charge in [0.25, 0.3) is 0 Å². The number of nitrogens with two attached hydrogens (primary N) is 1. The standard InChI is InChI=1S/C21H24N2O4/c1-21(2,3)27-20(25)16-11-13-10-14(22)12-17(18(13)23(4)19(16)24)26-15-8-6-5-7-9-15/h5-10,12,16H,11,22H2,1-4H3. The molecule has 2 aromatic rings. The van der Waals surface area contributed by atoms with Crippen LogP contribution in [0.25, 0.3) is 0 Å². The van der Waals surface area contributed by atoms with E-state index in [1.807, 2.05) is 30.3 Å². The first-order chi connectivity index (χ1) is 12.7. The smallest absolute Gasteiger partial charge is 0.319 e. The lowest BCUT2D eigenvalue weighted by Gasteiger charge is -2.33. The number of hydrogen-bond acceptors (Lipinski definition) is 5. The monoisotopic (exact) mass is 368 g/mol. The fourth-order valence-corrected chi connectivity index (χ4v) is 3.13. The van der Waals surface area contributed by atoms with Gasteiger partial charge in [-0.2, -0.15) is 0 Å². The van der Waals surface area contributed by atoms with Crippen LogP contribution in [0.4, 0.5) is 11.4 Å². The van der Waals surface area contributed by atoms with E-state index in [9.17, 15) is 9.59 Å². The lowest BCUT2D eigenvalue weighted by Crippen LogP contribution is -2.44. The zero-order chi connectivity index (χ0) is 19.8. The third-order valence-corrected chi connectivity index (χ3v) is 4.23. The van der Waals surface area contributed by atoms with E-state index < -0.39 is 17.5 Å². The highest BCUT2D eigenvalue weighted by Gasteiger charge is 2.39. The molecule has 2 aromatic carbocycles. The van der Waals surface area contributed by atoms with Crippen molar-refractivity contribution in [1.82, 2.24) is 0 Å². The Hall–Kier alpha value is -3.02. The second-order valence-corrected chi connectivity index (χ2v) is 7.63. The summed E-state index contributed by atoms with van der Waals surface area (Å²) < 4.78 is 11.4. The molecule has 0 aromatic heterocycles. The van der Waals surface area contributed by atoms with Gasteiger partial charge in [0.05, 0.1) is 5.69 Å². The number of ether oxygens (including phenoxy) is 2. The molecule has 1 unspecified atom stereocenters. The Labute approximate surface area is 158 Å². The molecule has 1 atom stereocenters. The molecule has 2 N–H and O–H groups in total. The summed E-state index contributed by atoms with van der Waals surface area (Å²) in [6, 6.07) is 12.7. The average Bonchev–Trinajstić information content (AvgIpc) is 2.57. The lowest BCUT2D eigenvalue weighted by atomic mass is 9.91. The Kier molecular flexibility index (Phi) is 4.83. The summed E-state index contributed by atoms with van der Waals surface area (Å²) in [7, 11) is 1.63. The number of amides is 1. The van der Waals surface area contributed by atoms with Crippen LogP contribution in [0.15, 0.2) is 42.5 Å². The van der Waals surface area contributed by atoms with E-state index >= 15 is 0 Å². The van der Waals surface area contributed by atoms with E-state index in [-0.39, 0.29) is 12.3 Å². The zero-order valence-electron chi connectivity index (χ0n) is 16.0. The maximum atomic E-state index is 12.8. The van der Waals surface area contributed by atoms with Crippen molar-refractivity contribution in [2.45, 2.75) is 32.8 Å². The topological polar surface area (TPSA) is 81.9 Å². The van der Waals surface area contributed by atoms with Gasteiger partial charge in [-0.25, -0.2) is 0 Å². The maximum Gasteiger partial charge on any atom is 0.319 e. The molecule has 3 rings (SSSR count). The molecule has 27 heavy (non-hydrogen) atoms. The molecule has 0 bridgehead atoms. The van der Waals surface area contributed by atoms with Gasteiger partial charge in [-0.15, -0.1) is 0 Å². The largest absolute Gasteiger partial charge is 0.459 e. The third-order valence-electron chi connectivity index (χ3n) is 4.23. The highest BCUT2D eigenvalue weighted by Crippen LogP contribution is 2.41. The number of carbonyl (C=O) groups excluding carboxylic acids is 2. The maximum absolute atomic E-state index is 12.8. The number of nitrogens with zero attached hydrogens (tertiary/aromatic N) is 1. The van der Waals surface area contributed by atoms with Gasteiger partial charge in [0, 0.05) is 18.8 Å². The van der Waals surface area contributed by atoms with Crippen molar-refractivity contribution in [1.29, 1.82) is 0 Å². The molecule has 1 amide bonds. The van der Waals surface area contributed by atoms with Crippen molar-refractivity contribution < 1.29 is 19.1 Å². The van der Waals surface area contributed by atoms with Crippen molar-refractivity contribution in [3.8, 4) is 11.5 Å². The SMILES string of the molecule is CN1C(=O)C(C(=O)OC(C)(C)C)Cc2cc(N)cc(Oc3ccccc3)c21. The van der Waals surface area contributed by atoms with Gasteiger partial charge in [-0.05, 0) is 51.0 Å². The number of anilines is 2. The summed E-state index contributed by atoms with van der Waals surface area (Å²) in [5.41, 5.74) is 7.29. The second kappa shape index (κ2) is 6.95. The fourth-order valence-electron chi connectivity index (χ4n) is 3.13. The summed E-state index contributed by atoms with van der Waals surface area (Å²) in [6.45, 7) is 5.33. The van der Waals surface area contributed by atoms with Crippen LogP contribution in [-0.4, -0.2) is 24.5 Å². The van der Waals surface area contributed by atoms with E-state index in [2.05, 4.69) is 0 Å². The fraction of sp³-hybridized carbons (Fsp3) is 0.333. The predicted octanol–water partition coefficient (Wildman–Crippen LogP) is 3.54. The van der Waals surface area contributed by atoms with Gasteiger partial charge < -0.3 is 20.1 Å². The molecule has 1 heterocycles. The van der Waals surface area contributed by atoms with Crippen molar-refractivity contribution >= 4 is 23.3 Å². The molecular weight excluding hydrogens is 344 g/mol. The molecule has 1 aliphatic rings. The van der Waals surface area contributed by atoms with Crippen molar-refractivity contribution in [3.63, 3.8) is 0 Å². The van der Waals surface area contributed by atoms with Crippen molar-refractivity contribution in [2.24, 2.45) is 5.92 Å². The number of rotatable bonds is 3. The Balaban J connectivity index is 1.97. The lowest BCUT2D eigenvalue weighted by molar-refractivity contribution is -0.162. The van der Waals surface area contributed by atoms with Gasteiger partial charge in [-0.3, -0.25) is 9.59 Å². The quantitative estimate of drug-likeness (QED) is 0.509. The van der Waals surface area contributed by atoms with Crippen LogP contribution in [0, 0.1) is 5.92 Å². The van der Waals surface area contributed by atoms with E-state index in [1.54, 1.807) is 40.0 Å². The van der Waals surface area contributed by atoms with Gasteiger partial charge >= 0.3 is 5.97 Å². The Morgan fingerprint density at radius 2 is 1.85 bits per heavy atom. The minimum Gasteiger partial charge on any atom is -0.459 e. The van der Waals surface area contributed by atoms with Gasteiger partial charge in [0.1, 0.15) is 17.3 Å². The highest BCUT2D eigenvalue weighted by atomic mass is 16.6. The minimum atomic E-state index is -0.895. The summed E-state index contributed by atoms with van der Waals surface area (Å²) in [6.07, 6.45) is 0.226. The van der Waals surface area contributed by atoms with Crippen LogP contribution in [-0.2, 0) is 20.7 Å². The first kappa shape index (κ1) is 18.8. The average molecular weight is 368 g/mol. The normalized spacial score (nSPS) is 16.7. The number of hydrogen-bond donors (Lipinski definition) is 1. The van der Waals surface area contributed by atoms with Crippen molar-refractivity contribution in [3.05, 3.63) is 48.0 Å². The molecule has 0 saturated carbocycles. The Morgan fingerprint density at radius 3 is 2.48 bits per heavy atom. The van der Waals surface area contributed by atoms with Gasteiger partial charge in [-0.1, -0.05) is 18.2 Å². The molecule has 6 heteroatoms. The predicted molar refractivity (Wildman–Crippen MR) is 104 cm³/mol. The van der Waals surface area contributed by atoms with E-state index in [0.717, 1.165) is 5.56 Å². The third kappa shape index (κ3) is 4.05. The van der Waals surface area contributed by atoms with Crippen LogP contribution in [0.3, 0.4) is 0 Å². The summed E-state index contributed by atoms with van der Waals surface area (Å²) in [5.74, 6) is -0.624. The first-order valence-corrected chi connectivity index (χ1v) is 8.81. The molecule has 6 nitrogen and oxygen atoms in total. The second-order valence-electron chi connectivity index (χ2n) is 7.63. The van der Waals surface area contributed by atoms with E-state index in [0.29, 0.717) is 22.9 Å². The summed E-state index contributed by atoms with van der Waals surface area (Å²) in [4.78, 5) is 26.8. The molecule has 0 fully saturated rings. The van der Waals surface area contributed by atoms with Gasteiger partial charge in [0.15, 0.2) is 5.75 Å². The van der Waals surface area contributed by atoms with Crippen LogP contribution >= 0.6 is 0 Å². The summed E-state index contributed by atoms with van der Waals surface area (Å²) in [5, 5.41) is 0. The molecule has 0 spiro atoms. The number of carbonyl (C=O) groups is 2. The molecule has 0 radical (unpaired) electrons. The molecule has 0 aliphatic carbocycles. The van der Waals surface area contributed by atoms with Crippen molar-refractivity contribution in [2.75, 3.05) is 17.7 Å². The Bertz CT molecular complexity index is 872. The molecule has 1 aliphatic heterocycles. The molecule has 142 valence electrons. The van der Waals surface area contributed by atoms with Crippen LogP contribution < -0.4 is 15.4 Å². The first-order valence-electron chi connectivity index (χ1n) is 8.81. The molecular formula is C21H24N2O4. The van der Waals surface area contributed by atoms with Crippen LogP contribution in [0.5, 0.6) is 11.5 Å².